The Bertz CT molecular complexity index is 307. The number of ether oxygens (including phenoxy) is 3. The first kappa shape index (κ1) is 23.9. The average molecular weight is 373 g/mol. The lowest BCUT2D eigenvalue weighted by molar-refractivity contribution is -0.275. The third-order valence-electron chi connectivity index (χ3n) is 5.68. The van der Waals surface area contributed by atoms with Gasteiger partial charge in [0.05, 0.1) is 13.2 Å². The quantitative estimate of drug-likeness (QED) is 0.367. The molecule has 26 heavy (non-hydrogen) atoms. The van der Waals surface area contributed by atoms with E-state index in [1.54, 1.807) is 6.92 Å². The molecule has 1 unspecified atom stereocenters. The van der Waals surface area contributed by atoms with Crippen molar-refractivity contribution in [1.82, 2.24) is 0 Å². The molecule has 2 aliphatic rings. The van der Waals surface area contributed by atoms with Crippen molar-refractivity contribution in [2.75, 3.05) is 20.3 Å². The van der Waals surface area contributed by atoms with Crippen LogP contribution in [0.15, 0.2) is 0 Å². The molecular weight excluding hydrogens is 328 g/mol. The van der Waals surface area contributed by atoms with E-state index in [0.717, 1.165) is 38.4 Å². The van der Waals surface area contributed by atoms with Crippen molar-refractivity contribution in [2.24, 2.45) is 5.92 Å². The summed E-state index contributed by atoms with van der Waals surface area (Å²) in [5, 5.41) is 8.14. The van der Waals surface area contributed by atoms with Crippen molar-refractivity contribution in [1.29, 1.82) is 0 Å². The van der Waals surface area contributed by atoms with E-state index in [1.165, 1.54) is 77.7 Å². The largest absolute Gasteiger partial charge is 0.368 e. The van der Waals surface area contributed by atoms with Crippen molar-refractivity contribution in [2.45, 2.75) is 116 Å². The fourth-order valence-corrected chi connectivity index (χ4v) is 3.93. The first-order valence-electron chi connectivity index (χ1n) is 11.1. The normalized spacial score (nSPS) is 21.2. The van der Waals surface area contributed by atoms with Crippen LogP contribution in [-0.2, 0) is 14.2 Å². The minimum Gasteiger partial charge on any atom is -0.368 e. The standard InChI is InChI=1S/C19H36O2.C3H8O2/c1-2-3-4-5-6-9-14-19(20-16-10-17-21-19)15-13-18-11-7-8-12-18;1-3(4)5-2/h18H,2-17H2,1H3;3-4H,1-2H3. The summed E-state index contributed by atoms with van der Waals surface area (Å²) in [5.74, 6) is 0.728. The zero-order chi connectivity index (χ0) is 19.1. The zero-order valence-electron chi connectivity index (χ0n) is 17.6. The SMILES string of the molecule is CCCCCCCCC1(CCC2CCCC2)OCCCO1.COC(C)O. The molecule has 4 nitrogen and oxygen atoms in total. The summed E-state index contributed by atoms with van der Waals surface area (Å²) in [5.41, 5.74) is 0. The molecule has 156 valence electrons. The summed E-state index contributed by atoms with van der Waals surface area (Å²) in [6.45, 7) is 5.64. The van der Waals surface area contributed by atoms with Crippen LogP contribution in [-0.4, -0.2) is 37.5 Å². The average Bonchev–Trinajstić information content (AvgIpc) is 3.18. The molecule has 2 rings (SSSR count). The van der Waals surface area contributed by atoms with Crippen LogP contribution in [0.3, 0.4) is 0 Å². The summed E-state index contributed by atoms with van der Waals surface area (Å²) >= 11 is 0. The lowest BCUT2D eigenvalue weighted by Gasteiger charge is -2.38. The number of aliphatic hydroxyl groups is 1. The van der Waals surface area contributed by atoms with Crippen LogP contribution in [0.1, 0.15) is 104 Å². The predicted octanol–water partition coefficient (Wildman–Crippen LogP) is 5.81. The fourth-order valence-electron chi connectivity index (χ4n) is 3.93. The van der Waals surface area contributed by atoms with Crippen molar-refractivity contribution in [3.63, 3.8) is 0 Å². The van der Waals surface area contributed by atoms with Crippen molar-refractivity contribution >= 4 is 0 Å². The second kappa shape index (κ2) is 14.8. The van der Waals surface area contributed by atoms with E-state index in [4.69, 9.17) is 14.6 Å². The third-order valence-corrected chi connectivity index (χ3v) is 5.68. The molecule has 1 atom stereocenters. The Balaban J connectivity index is 0.000000597. The van der Waals surface area contributed by atoms with Crippen LogP contribution in [0.2, 0.25) is 0 Å². The highest BCUT2D eigenvalue weighted by Crippen LogP contribution is 2.36. The van der Waals surface area contributed by atoms with Gasteiger partial charge in [0.1, 0.15) is 0 Å². The highest BCUT2D eigenvalue weighted by Gasteiger charge is 2.34. The molecule has 0 aromatic heterocycles. The van der Waals surface area contributed by atoms with E-state index in [9.17, 15) is 0 Å². The molecule has 1 aliphatic heterocycles. The van der Waals surface area contributed by atoms with Crippen LogP contribution in [0.5, 0.6) is 0 Å². The highest BCUT2D eigenvalue weighted by molar-refractivity contribution is 4.77. The molecule has 1 N–H and O–H groups in total. The molecule has 4 heteroatoms. The van der Waals surface area contributed by atoms with Crippen molar-refractivity contribution in [3.05, 3.63) is 0 Å². The number of unbranched alkanes of at least 4 members (excludes halogenated alkanes) is 5. The van der Waals surface area contributed by atoms with Gasteiger partial charge in [0.15, 0.2) is 12.1 Å². The Morgan fingerprint density at radius 3 is 2.12 bits per heavy atom. The van der Waals surface area contributed by atoms with Crippen LogP contribution < -0.4 is 0 Å². The van der Waals surface area contributed by atoms with E-state index in [2.05, 4.69) is 11.7 Å². The van der Waals surface area contributed by atoms with E-state index < -0.39 is 6.29 Å². The van der Waals surface area contributed by atoms with Crippen LogP contribution >= 0.6 is 0 Å². The van der Waals surface area contributed by atoms with Gasteiger partial charge in [-0.25, -0.2) is 0 Å². The zero-order valence-corrected chi connectivity index (χ0v) is 17.6. The molecule has 0 radical (unpaired) electrons. The summed E-state index contributed by atoms with van der Waals surface area (Å²) < 4.78 is 16.6. The molecule has 1 aliphatic carbocycles. The van der Waals surface area contributed by atoms with Gasteiger partial charge in [-0.2, -0.15) is 0 Å². The van der Waals surface area contributed by atoms with E-state index >= 15 is 0 Å². The molecule has 0 aromatic carbocycles. The van der Waals surface area contributed by atoms with Crippen LogP contribution in [0.25, 0.3) is 0 Å². The molecule has 0 amide bonds. The number of hydrogen-bond donors (Lipinski definition) is 1. The third kappa shape index (κ3) is 10.9. The Morgan fingerprint density at radius 1 is 0.962 bits per heavy atom. The maximum atomic E-state index is 8.14. The highest BCUT2D eigenvalue weighted by atomic mass is 16.7. The lowest BCUT2D eigenvalue weighted by atomic mass is 9.94. The second-order valence-electron chi connectivity index (χ2n) is 8.00. The van der Waals surface area contributed by atoms with Gasteiger partial charge >= 0.3 is 0 Å². The Morgan fingerprint density at radius 2 is 1.54 bits per heavy atom. The number of hydrogen-bond acceptors (Lipinski definition) is 4. The summed E-state index contributed by atoms with van der Waals surface area (Å²) in [6.07, 6.45) is 17.9. The fraction of sp³-hybridized carbons (Fsp3) is 1.00. The maximum Gasteiger partial charge on any atom is 0.168 e. The Kier molecular flexibility index (Phi) is 13.6. The molecule has 0 bridgehead atoms. The number of aliphatic hydroxyl groups excluding tert-OH is 1. The smallest absolute Gasteiger partial charge is 0.168 e. The Hall–Kier alpha value is -0.160. The van der Waals surface area contributed by atoms with Gasteiger partial charge in [0.2, 0.25) is 0 Å². The predicted molar refractivity (Wildman–Crippen MR) is 107 cm³/mol. The van der Waals surface area contributed by atoms with Gasteiger partial charge in [0, 0.05) is 20.0 Å². The topological polar surface area (TPSA) is 47.9 Å². The maximum absolute atomic E-state index is 8.14. The summed E-state index contributed by atoms with van der Waals surface area (Å²) in [4.78, 5) is 0. The van der Waals surface area contributed by atoms with Gasteiger partial charge < -0.3 is 19.3 Å². The van der Waals surface area contributed by atoms with Crippen molar-refractivity contribution < 1.29 is 19.3 Å². The van der Waals surface area contributed by atoms with Gasteiger partial charge in [0.25, 0.3) is 0 Å². The summed E-state index contributed by atoms with van der Waals surface area (Å²) in [6, 6.07) is 0. The number of methoxy groups -OCH3 is 1. The lowest BCUT2D eigenvalue weighted by Crippen LogP contribution is -2.41. The molecule has 2 fully saturated rings. The summed E-state index contributed by atoms with van der Waals surface area (Å²) in [7, 11) is 1.45. The van der Waals surface area contributed by atoms with Gasteiger partial charge in [-0.3, -0.25) is 0 Å². The first-order valence-corrected chi connectivity index (χ1v) is 11.1. The molecule has 0 aromatic rings. The van der Waals surface area contributed by atoms with Crippen molar-refractivity contribution in [3.8, 4) is 0 Å². The molecule has 1 heterocycles. The monoisotopic (exact) mass is 372 g/mol. The molecule has 1 saturated carbocycles. The second-order valence-corrected chi connectivity index (χ2v) is 8.00. The Labute approximate surface area is 162 Å². The van der Waals surface area contributed by atoms with Gasteiger partial charge in [-0.1, -0.05) is 64.7 Å². The molecular formula is C22H44O4. The van der Waals surface area contributed by atoms with Crippen LogP contribution in [0.4, 0.5) is 0 Å². The van der Waals surface area contributed by atoms with E-state index in [0.29, 0.717) is 0 Å². The minimum absolute atomic E-state index is 0.217. The van der Waals surface area contributed by atoms with E-state index in [-0.39, 0.29) is 5.79 Å². The minimum atomic E-state index is -0.616. The van der Waals surface area contributed by atoms with Gasteiger partial charge in [-0.15, -0.1) is 0 Å². The number of rotatable bonds is 11. The molecule has 1 saturated heterocycles. The van der Waals surface area contributed by atoms with Gasteiger partial charge in [-0.05, 0) is 32.1 Å². The first-order chi connectivity index (χ1) is 12.6. The molecule has 0 spiro atoms. The van der Waals surface area contributed by atoms with Crippen LogP contribution in [0, 0.1) is 5.92 Å². The van der Waals surface area contributed by atoms with E-state index in [1.807, 2.05) is 0 Å².